The molecule has 0 aliphatic heterocycles. The van der Waals surface area contributed by atoms with Crippen molar-refractivity contribution in [1.29, 1.82) is 0 Å². The number of halogens is 1. The first-order valence-electron chi connectivity index (χ1n) is 3.39. The second-order valence-corrected chi connectivity index (χ2v) is 2.96. The number of alkyl halides is 1. The van der Waals surface area contributed by atoms with Crippen LogP contribution in [0.5, 0.6) is 0 Å². The maximum Gasteiger partial charge on any atom is 0.150 e. The maximum absolute atomic E-state index is 10.6. The number of aryl methyl sites for hydroxylation is 1. The predicted molar refractivity (Wildman–Crippen MR) is 49.2 cm³/mol. The average Bonchev–Trinajstić information content (AvgIpc) is 2.04. The van der Waals surface area contributed by atoms with E-state index in [2.05, 4.69) is 15.9 Å². The van der Waals surface area contributed by atoms with Gasteiger partial charge in [-0.15, -0.1) is 0 Å². The fourth-order valence-corrected chi connectivity index (χ4v) is 1.52. The van der Waals surface area contributed by atoms with E-state index >= 15 is 0 Å². The van der Waals surface area contributed by atoms with Gasteiger partial charge in [-0.1, -0.05) is 34.1 Å². The normalized spacial score (nSPS) is 9.64. The van der Waals surface area contributed by atoms with E-state index in [0.29, 0.717) is 0 Å². The van der Waals surface area contributed by atoms with Gasteiger partial charge in [0, 0.05) is 10.9 Å². The van der Waals surface area contributed by atoms with Gasteiger partial charge in [0.15, 0.2) is 6.29 Å². The molecule has 0 saturated heterocycles. The number of rotatable bonds is 2. The molecular weight excluding hydrogens is 204 g/mol. The molecule has 0 bridgehead atoms. The Morgan fingerprint density at radius 2 is 2.27 bits per heavy atom. The van der Waals surface area contributed by atoms with Gasteiger partial charge in [0.2, 0.25) is 0 Å². The van der Waals surface area contributed by atoms with Crippen LogP contribution in [-0.2, 0) is 5.33 Å². The van der Waals surface area contributed by atoms with Crippen LogP contribution < -0.4 is 0 Å². The van der Waals surface area contributed by atoms with Crippen molar-refractivity contribution in [3.8, 4) is 0 Å². The van der Waals surface area contributed by atoms with Crippen LogP contribution in [0.2, 0.25) is 0 Å². The van der Waals surface area contributed by atoms with Crippen LogP contribution in [0.15, 0.2) is 18.2 Å². The third-order valence-corrected chi connectivity index (χ3v) is 2.28. The summed E-state index contributed by atoms with van der Waals surface area (Å²) in [4.78, 5) is 10.6. The molecule has 11 heavy (non-hydrogen) atoms. The highest BCUT2D eigenvalue weighted by atomic mass is 79.9. The molecule has 0 N–H and O–H groups in total. The molecule has 0 aliphatic carbocycles. The third-order valence-electron chi connectivity index (χ3n) is 1.68. The fraction of sp³-hybridized carbons (Fsp3) is 0.222. The summed E-state index contributed by atoms with van der Waals surface area (Å²) in [6, 6.07) is 5.85. The molecule has 0 atom stereocenters. The van der Waals surface area contributed by atoms with E-state index in [4.69, 9.17) is 0 Å². The molecule has 0 fully saturated rings. The molecule has 0 aliphatic rings. The van der Waals surface area contributed by atoms with E-state index in [9.17, 15) is 4.79 Å². The Balaban J connectivity index is 3.24. The summed E-state index contributed by atoms with van der Waals surface area (Å²) in [6.45, 7) is 1.94. The molecule has 0 aromatic heterocycles. The van der Waals surface area contributed by atoms with Gasteiger partial charge in [-0.25, -0.2) is 0 Å². The minimum Gasteiger partial charge on any atom is -0.298 e. The minimum absolute atomic E-state index is 0.739. The van der Waals surface area contributed by atoms with Gasteiger partial charge in [0.25, 0.3) is 0 Å². The minimum atomic E-state index is 0.739. The first-order valence-corrected chi connectivity index (χ1v) is 4.51. The van der Waals surface area contributed by atoms with Gasteiger partial charge in [-0.2, -0.15) is 0 Å². The summed E-state index contributed by atoms with van der Waals surface area (Å²) in [5.41, 5.74) is 2.90. The third kappa shape index (κ3) is 1.69. The Hall–Kier alpha value is -0.630. The second kappa shape index (κ2) is 3.67. The summed E-state index contributed by atoms with van der Waals surface area (Å²) in [5, 5.41) is 0.739. The largest absolute Gasteiger partial charge is 0.298 e. The molecule has 1 nitrogen and oxygen atoms in total. The van der Waals surface area contributed by atoms with E-state index in [0.717, 1.165) is 28.3 Å². The highest BCUT2D eigenvalue weighted by molar-refractivity contribution is 9.08. The Labute approximate surface area is 74.6 Å². The quantitative estimate of drug-likeness (QED) is 0.545. The molecule has 0 radical (unpaired) electrons. The Morgan fingerprint density at radius 3 is 2.73 bits per heavy atom. The zero-order chi connectivity index (χ0) is 8.27. The number of aldehydes is 1. The van der Waals surface area contributed by atoms with Crippen molar-refractivity contribution in [2.24, 2.45) is 0 Å². The summed E-state index contributed by atoms with van der Waals surface area (Å²) in [5.74, 6) is 0. The Morgan fingerprint density at radius 1 is 1.55 bits per heavy atom. The zero-order valence-corrected chi connectivity index (χ0v) is 7.89. The Kier molecular flexibility index (Phi) is 2.83. The fourth-order valence-electron chi connectivity index (χ4n) is 1.03. The van der Waals surface area contributed by atoms with E-state index in [1.165, 1.54) is 0 Å². The molecule has 0 saturated carbocycles. The van der Waals surface area contributed by atoms with Crippen molar-refractivity contribution >= 4 is 22.2 Å². The maximum atomic E-state index is 10.6. The smallest absolute Gasteiger partial charge is 0.150 e. The molecule has 0 spiro atoms. The predicted octanol–water partition coefficient (Wildman–Crippen LogP) is 2.70. The van der Waals surface area contributed by atoms with Gasteiger partial charge in [-0.3, -0.25) is 4.79 Å². The average molecular weight is 213 g/mol. The van der Waals surface area contributed by atoms with Crippen molar-refractivity contribution in [2.45, 2.75) is 12.3 Å². The number of carbonyl (C=O) groups is 1. The summed E-state index contributed by atoms with van der Waals surface area (Å²) >= 11 is 3.32. The SMILES string of the molecule is Cc1cccc(CBr)c1C=O. The lowest BCUT2D eigenvalue weighted by Gasteiger charge is -2.02. The van der Waals surface area contributed by atoms with E-state index in [-0.39, 0.29) is 0 Å². The van der Waals surface area contributed by atoms with Crippen LogP contribution in [0.25, 0.3) is 0 Å². The summed E-state index contributed by atoms with van der Waals surface area (Å²) in [6.07, 6.45) is 0.909. The second-order valence-electron chi connectivity index (χ2n) is 2.40. The van der Waals surface area contributed by atoms with E-state index < -0.39 is 0 Å². The van der Waals surface area contributed by atoms with Crippen molar-refractivity contribution in [2.75, 3.05) is 0 Å². The zero-order valence-electron chi connectivity index (χ0n) is 6.30. The monoisotopic (exact) mass is 212 g/mol. The van der Waals surface area contributed by atoms with Crippen molar-refractivity contribution < 1.29 is 4.79 Å². The van der Waals surface area contributed by atoms with Gasteiger partial charge < -0.3 is 0 Å². The topological polar surface area (TPSA) is 17.1 Å². The molecule has 0 amide bonds. The summed E-state index contributed by atoms with van der Waals surface area (Å²) in [7, 11) is 0. The number of carbonyl (C=O) groups excluding carboxylic acids is 1. The van der Waals surface area contributed by atoms with Crippen LogP contribution in [0.1, 0.15) is 21.5 Å². The van der Waals surface area contributed by atoms with Gasteiger partial charge >= 0.3 is 0 Å². The van der Waals surface area contributed by atoms with E-state index in [1.54, 1.807) is 0 Å². The molecule has 0 heterocycles. The van der Waals surface area contributed by atoms with Crippen molar-refractivity contribution in [3.05, 3.63) is 34.9 Å². The highest BCUT2D eigenvalue weighted by Gasteiger charge is 2.01. The van der Waals surface area contributed by atoms with Crippen molar-refractivity contribution in [3.63, 3.8) is 0 Å². The van der Waals surface area contributed by atoms with Crippen LogP contribution in [0, 0.1) is 6.92 Å². The lowest BCUT2D eigenvalue weighted by atomic mass is 10.0. The molecule has 1 rings (SSSR count). The molecule has 1 aromatic rings. The number of benzene rings is 1. The molecular formula is C9H9BrO. The Bertz CT molecular complexity index is 268. The first kappa shape index (κ1) is 8.47. The van der Waals surface area contributed by atoms with Crippen LogP contribution >= 0.6 is 15.9 Å². The van der Waals surface area contributed by atoms with Crippen LogP contribution in [-0.4, -0.2) is 6.29 Å². The summed E-state index contributed by atoms with van der Waals surface area (Å²) < 4.78 is 0. The van der Waals surface area contributed by atoms with Gasteiger partial charge in [-0.05, 0) is 18.1 Å². The molecule has 2 heteroatoms. The number of hydrogen-bond donors (Lipinski definition) is 0. The molecule has 1 aromatic carbocycles. The highest BCUT2D eigenvalue weighted by Crippen LogP contribution is 2.14. The lowest BCUT2D eigenvalue weighted by molar-refractivity contribution is 0.112. The van der Waals surface area contributed by atoms with Crippen LogP contribution in [0.4, 0.5) is 0 Å². The molecule has 58 valence electrons. The lowest BCUT2D eigenvalue weighted by Crippen LogP contribution is -1.92. The van der Waals surface area contributed by atoms with Gasteiger partial charge in [0.05, 0.1) is 0 Å². The van der Waals surface area contributed by atoms with Crippen LogP contribution in [0.3, 0.4) is 0 Å². The number of hydrogen-bond acceptors (Lipinski definition) is 1. The first-order chi connectivity index (χ1) is 5.29. The van der Waals surface area contributed by atoms with E-state index in [1.807, 2.05) is 25.1 Å². The molecule has 0 unspecified atom stereocenters. The standard InChI is InChI=1S/C9H9BrO/c1-7-3-2-4-8(5-10)9(7)6-11/h2-4,6H,5H2,1H3. The van der Waals surface area contributed by atoms with Crippen molar-refractivity contribution in [1.82, 2.24) is 0 Å². The van der Waals surface area contributed by atoms with Gasteiger partial charge in [0.1, 0.15) is 0 Å².